The molecule has 0 aliphatic carbocycles. The van der Waals surface area contributed by atoms with E-state index in [1.807, 2.05) is 18.3 Å². The van der Waals surface area contributed by atoms with Crippen LogP contribution in [0.5, 0.6) is 0 Å². The van der Waals surface area contributed by atoms with Gasteiger partial charge in [0.2, 0.25) is 5.91 Å². The summed E-state index contributed by atoms with van der Waals surface area (Å²) in [6, 6.07) is 5.48. The van der Waals surface area contributed by atoms with Gasteiger partial charge in [-0.3, -0.25) is 4.79 Å². The van der Waals surface area contributed by atoms with Crippen LogP contribution in [-0.4, -0.2) is 17.4 Å². The highest BCUT2D eigenvalue weighted by Crippen LogP contribution is 2.21. The van der Waals surface area contributed by atoms with E-state index in [0.717, 1.165) is 36.7 Å². The van der Waals surface area contributed by atoms with Gasteiger partial charge in [0.1, 0.15) is 0 Å². The fourth-order valence-corrected chi connectivity index (χ4v) is 2.00. The maximum Gasteiger partial charge on any atom is 0.248 e. The van der Waals surface area contributed by atoms with Gasteiger partial charge in [-0.15, -0.1) is 0 Å². The Morgan fingerprint density at radius 1 is 1.29 bits per heavy atom. The first kappa shape index (κ1) is 11.7. The fourth-order valence-electron chi connectivity index (χ4n) is 2.00. The van der Waals surface area contributed by atoms with Crippen molar-refractivity contribution in [3.05, 3.63) is 35.5 Å². The quantitative estimate of drug-likeness (QED) is 0.682. The molecular weight excluding hydrogens is 214 g/mol. The van der Waals surface area contributed by atoms with E-state index < -0.39 is 0 Å². The summed E-state index contributed by atoms with van der Waals surface area (Å²) >= 11 is 0. The van der Waals surface area contributed by atoms with Gasteiger partial charge in [-0.2, -0.15) is 0 Å². The van der Waals surface area contributed by atoms with Gasteiger partial charge in [0.15, 0.2) is 0 Å². The second-order valence-electron chi connectivity index (χ2n) is 4.18. The predicted molar refractivity (Wildman–Crippen MR) is 68.8 cm³/mol. The van der Waals surface area contributed by atoms with Crippen molar-refractivity contribution in [2.24, 2.45) is 11.5 Å². The SMILES string of the molecule is NCCCCc1c[nH]c2ccc(C(N)=O)cc12. The van der Waals surface area contributed by atoms with Crippen molar-refractivity contribution < 1.29 is 4.79 Å². The van der Waals surface area contributed by atoms with E-state index in [4.69, 9.17) is 11.5 Å². The van der Waals surface area contributed by atoms with Crippen LogP contribution in [0.1, 0.15) is 28.8 Å². The summed E-state index contributed by atoms with van der Waals surface area (Å²) in [4.78, 5) is 14.3. The van der Waals surface area contributed by atoms with E-state index in [1.165, 1.54) is 5.56 Å². The zero-order valence-corrected chi connectivity index (χ0v) is 9.70. The number of benzene rings is 1. The van der Waals surface area contributed by atoms with Crippen LogP contribution in [0.2, 0.25) is 0 Å². The molecule has 0 aliphatic rings. The molecule has 2 aromatic rings. The molecule has 0 saturated carbocycles. The highest BCUT2D eigenvalue weighted by Gasteiger charge is 2.06. The number of hydrogen-bond donors (Lipinski definition) is 3. The lowest BCUT2D eigenvalue weighted by molar-refractivity contribution is 0.100. The highest BCUT2D eigenvalue weighted by molar-refractivity contribution is 5.97. The normalized spacial score (nSPS) is 10.9. The Kier molecular flexibility index (Phi) is 3.44. The van der Waals surface area contributed by atoms with Gasteiger partial charge in [-0.25, -0.2) is 0 Å². The molecule has 0 aliphatic heterocycles. The van der Waals surface area contributed by atoms with Crippen molar-refractivity contribution in [2.75, 3.05) is 6.54 Å². The molecule has 0 atom stereocenters. The Labute approximate surface area is 100.0 Å². The number of nitrogens with two attached hydrogens (primary N) is 2. The maximum atomic E-state index is 11.1. The summed E-state index contributed by atoms with van der Waals surface area (Å²) in [5, 5.41) is 1.08. The Bertz CT molecular complexity index is 530. The van der Waals surface area contributed by atoms with E-state index in [2.05, 4.69) is 4.98 Å². The summed E-state index contributed by atoms with van der Waals surface area (Å²) in [6.45, 7) is 0.717. The molecule has 0 fully saturated rings. The molecule has 0 bridgehead atoms. The zero-order chi connectivity index (χ0) is 12.3. The summed E-state index contributed by atoms with van der Waals surface area (Å²) < 4.78 is 0. The minimum Gasteiger partial charge on any atom is -0.366 e. The van der Waals surface area contributed by atoms with Gasteiger partial charge < -0.3 is 16.5 Å². The van der Waals surface area contributed by atoms with Gasteiger partial charge >= 0.3 is 0 Å². The Morgan fingerprint density at radius 2 is 2.12 bits per heavy atom. The maximum absolute atomic E-state index is 11.1. The first-order valence-corrected chi connectivity index (χ1v) is 5.82. The minimum absolute atomic E-state index is 0.388. The molecule has 1 heterocycles. The lowest BCUT2D eigenvalue weighted by Crippen LogP contribution is -2.10. The molecule has 1 aromatic heterocycles. The number of rotatable bonds is 5. The van der Waals surface area contributed by atoms with Gasteiger partial charge in [0.25, 0.3) is 0 Å². The van der Waals surface area contributed by atoms with E-state index in [0.29, 0.717) is 5.56 Å². The van der Waals surface area contributed by atoms with Crippen LogP contribution in [-0.2, 0) is 6.42 Å². The molecule has 0 spiro atoms. The number of nitrogens with one attached hydrogen (secondary N) is 1. The second kappa shape index (κ2) is 5.01. The molecule has 4 heteroatoms. The number of carbonyl (C=O) groups is 1. The zero-order valence-electron chi connectivity index (χ0n) is 9.70. The molecule has 17 heavy (non-hydrogen) atoms. The third kappa shape index (κ3) is 2.47. The molecule has 5 N–H and O–H groups in total. The standard InChI is InChI=1S/C13H17N3O/c14-6-2-1-3-10-8-16-12-5-4-9(13(15)17)7-11(10)12/h4-5,7-8,16H,1-3,6,14H2,(H2,15,17). The predicted octanol–water partition coefficient (Wildman–Crippen LogP) is 1.55. The topological polar surface area (TPSA) is 84.9 Å². The number of aryl methyl sites for hydroxylation is 1. The smallest absolute Gasteiger partial charge is 0.248 e. The van der Waals surface area contributed by atoms with Crippen molar-refractivity contribution in [1.82, 2.24) is 4.98 Å². The molecule has 1 aromatic carbocycles. The van der Waals surface area contributed by atoms with Gasteiger partial charge in [0, 0.05) is 22.7 Å². The lowest BCUT2D eigenvalue weighted by Gasteiger charge is -2.00. The molecule has 0 unspecified atom stereocenters. The van der Waals surface area contributed by atoms with Crippen LogP contribution >= 0.6 is 0 Å². The fraction of sp³-hybridized carbons (Fsp3) is 0.308. The molecule has 1 amide bonds. The van der Waals surface area contributed by atoms with Crippen LogP contribution in [0.4, 0.5) is 0 Å². The third-order valence-corrected chi connectivity index (χ3v) is 2.95. The Morgan fingerprint density at radius 3 is 2.82 bits per heavy atom. The van der Waals surface area contributed by atoms with Crippen LogP contribution < -0.4 is 11.5 Å². The van der Waals surface area contributed by atoms with Crippen molar-refractivity contribution in [1.29, 1.82) is 0 Å². The lowest BCUT2D eigenvalue weighted by atomic mass is 10.0. The summed E-state index contributed by atoms with van der Waals surface area (Å²) in [7, 11) is 0. The largest absolute Gasteiger partial charge is 0.366 e. The average Bonchev–Trinajstić information content (AvgIpc) is 2.72. The Hall–Kier alpha value is -1.81. The monoisotopic (exact) mass is 231 g/mol. The number of carbonyl (C=O) groups excluding carboxylic acids is 1. The van der Waals surface area contributed by atoms with Crippen molar-refractivity contribution in [3.63, 3.8) is 0 Å². The van der Waals surface area contributed by atoms with Crippen molar-refractivity contribution in [3.8, 4) is 0 Å². The number of aromatic nitrogens is 1. The molecule has 0 saturated heterocycles. The summed E-state index contributed by atoms with van der Waals surface area (Å²) in [5.74, 6) is -0.388. The third-order valence-electron chi connectivity index (χ3n) is 2.95. The second-order valence-corrected chi connectivity index (χ2v) is 4.18. The number of aromatic amines is 1. The van der Waals surface area contributed by atoms with E-state index in [9.17, 15) is 4.79 Å². The number of fused-ring (bicyclic) bond motifs is 1. The summed E-state index contributed by atoms with van der Waals surface area (Å²) in [6.07, 6.45) is 5.04. The van der Waals surface area contributed by atoms with Crippen molar-refractivity contribution >= 4 is 16.8 Å². The van der Waals surface area contributed by atoms with Crippen LogP contribution in [0, 0.1) is 0 Å². The van der Waals surface area contributed by atoms with E-state index in [1.54, 1.807) is 6.07 Å². The molecule has 90 valence electrons. The van der Waals surface area contributed by atoms with E-state index in [-0.39, 0.29) is 5.91 Å². The molecule has 0 radical (unpaired) electrons. The first-order valence-electron chi connectivity index (χ1n) is 5.82. The Balaban J connectivity index is 2.30. The first-order chi connectivity index (χ1) is 8.22. The summed E-state index contributed by atoms with van der Waals surface area (Å²) in [5.41, 5.74) is 13.6. The van der Waals surface area contributed by atoms with E-state index >= 15 is 0 Å². The average molecular weight is 231 g/mol. The van der Waals surface area contributed by atoms with Crippen LogP contribution in [0.3, 0.4) is 0 Å². The van der Waals surface area contributed by atoms with Gasteiger partial charge in [-0.05, 0) is 49.6 Å². The molecule has 2 rings (SSSR count). The number of primary amides is 1. The molecular formula is C13H17N3O. The van der Waals surface area contributed by atoms with Crippen molar-refractivity contribution in [2.45, 2.75) is 19.3 Å². The van der Waals surface area contributed by atoms with Gasteiger partial charge in [-0.1, -0.05) is 0 Å². The molecule has 4 nitrogen and oxygen atoms in total. The highest BCUT2D eigenvalue weighted by atomic mass is 16.1. The van der Waals surface area contributed by atoms with Gasteiger partial charge in [0.05, 0.1) is 0 Å². The minimum atomic E-state index is -0.388. The number of unbranched alkanes of at least 4 members (excludes halogenated alkanes) is 1. The van der Waals surface area contributed by atoms with Crippen LogP contribution in [0.25, 0.3) is 10.9 Å². The number of amides is 1. The van der Waals surface area contributed by atoms with Crippen LogP contribution in [0.15, 0.2) is 24.4 Å². The number of H-pyrrole nitrogens is 1. The number of hydrogen-bond acceptors (Lipinski definition) is 2.